The Morgan fingerprint density at radius 2 is 2.00 bits per heavy atom. The summed E-state index contributed by atoms with van der Waals surface area (Å²) in [5, 5.41) is 2.26. The topological polar surface area (TPSA) is 42.0 Å². The average Bonchev–Trinajstić information content (AvgIpc) is 2.42. The molecule has 7 heteroatoms. The zero-order valence-corrected chi connectivity index (χ0v) is 11.7. The van der Waals surface area contributed by atoms with Gasteiger partial charge in [0.1, 0.15) is 16.7 Å². The Kier molecular flexibility index (Phi) is 4.20. The van der Waals surface area contributed by atoms with Gasteiger partial charge >= 0.3 is 0 Å². The van der Waals surface area contributed by atoms with Gasteiger partial charge in [-0.15, -0.1) is 0 Å². The van der Waals surface area contributed by atoms with Crippen molar-refractivity contribution in [3.8, 4) is 0 Å². The number of aryl methyl sites for hydroxylation is 1. The molecule has 0 aliphatic rings. The molecule has 104 valence electrons. The van der Waals surface area contributed by atoms with Crippen LogP contribution in [0.5, 0.6) is 0 Å². The highest BCUT2D eigenvalue weighted by Crippen LogP contribution is 2.24. The van der Waals surface area contributed by atoms with E-state index in [0.29, 0.717) is 0 Å². The predicted octanol–water partition coefficient (Wildman–Crippen LogP) is 4.23. The molecule has 0 saturated heterocycles. The molecule has 2 rings (SSSR count). The summed E-state index contributed by atoms with van der Waals surface area (Å²) in [4.78, 5) is 15.6. The number of amides is 1. The second kappa shape index (κ2) is 5.73. The first-order chi connectivity index (χ1) is 9.40. The number of nitrogens with one attached hydrogen (secondary N) is 1. The van der Waals surface area contributed by atoms with Gasteiger partial charge in [0, 0.05) is 6.20 Å². The number of halogens is 4. The first-order valence-corrected chi connectivity index (χ1v) is 6.22. The van der Waals surface area contributed by atoms with Crippen LogP contribution in [0.25, 0.3) is 0 Å². The standard InChI is InChI=1S/C13H8Cl2F2N2O/c1-6-2-3-9(16)11(10(6)17)19-13(20)7-4-8(14)12(15)18-5-7/h2-5H,1H3,(H,19,20). The molecule has 1 N–H and O–H groups in total. The number of nitrogens with zero attached hydrogens (tertiary/aromatic N) is 1. The Morgan fingerprint density at radius 1 is 1.30 bits per heavy atom. The maximum atomic E-state index is 13.8. The Balaban J connectivity index is 2.32. The lowest BCUT2D eigenvalue weighted by molar-refractivity contribution is 0.102. The van der Waals surface area contributed by atoms with Gasteiger partial charge in [-0.1, -0.05) is 29.3 Å². The predicted molar refractivity (Wildman–Crippen MR) is 73.3 cm³/mol. The molecule has 0 aliphatic carbocycles. The van der Waals surface area contributed by atoms with Crippen LogP contribution in [0.2, 0.25) is 10.2 Å². The summed E-state index contributed by atoms with van der Waals surface area (Å²) in [5.41, 5.74) is -0.255. The highest BCUT2D eigenvalue weighted by Gasteiger charge is 2.16. The molecule has 0 saturated carbocycles. The molecule has 0 unspecified atom stereocenters. The summed E-state index contributed by atoms with van der Waals surface area (Å²) < 4.78 is 27.3. The second-order valence-corrected chi connectivity index (χ2v) is 4.77. The van der Waals surface area contributed by atoms with E-state index in [4.69, 9.17) is 23.2 Å². The lowest BCUT2D eigenvalue weighted by atomic mass is 10.2. The minimum absolute atomic E-state index is 0.0381. The van der Waals surface area contributed by atoms with Gasteiger partial charge in [0.05, 0.1) is 10.6 Å². The molecule has 1 aromatic carbocycles. The lowest BCUT2D eigenvalue weighted by Gasteiger charge is -2.09. The molecular formula is C13H8Cl2F2N2O. The fraction of sp³-hybridized carbons (Fsp3) is 0.0769. The van der Waals surface area contributed by atoms with Crippen LogP contribution in [-0.4, -0.2) is 10.9 Å². The van der Waals surface area contributed by atoms with E-state index in [2.05, 4.69) is 10.3 Å². The van der Waals surface area contributed by atoms with Crippen LogP contribution in [0.15, 0.2) is 24.4 Å². The van der Waals surface area contributed by atoms with Crippen molar-refractivity contribution in [3.05, 3.63) is 57.3 Å². The van der Waals surface area contributed by atoms with Gasteiger partial charge in [0.15, 0.2) is 5.82 Å². The van der Waals surface area contributed by atoms with E-state index < -0.39 is 23.2 Å². The summed E-state index contributed by atoms with van der Waals surface area (Å²) in [6, 6.07) is 3.61. The molecule has 0 aliphatic heterocycles. The third-order valence-corrected chi connectivity index (χ3v) is 3.27. The fourth-order valence-electron chi connectivity index (χ4n) is 1.50. The fourth-order valence-corrected chi connectivity index (χ4v) is 1.77. The van der Waals surface area contributed by atoms with Crippen molar-refractivity contribution in [2.24, 2.45) is 0 Å². The van der Waals surface area contributed by atoms with Crippen LogP contribution in [0.3, 0.4) is 0 Å². The smallest absolute Gasteiger partial charge is 0.257 e. The van der Waals surface area contributed by atoms with Gasteiger partial charge in [-0.05, 0) is 24.6 Å². The third kappa shape index (κ3) is 2.89. The number of hydrogen-bond donors (Lipinski definition) is 1. The molecule has 1 heterocycles. The number of carbonyl (C=O) groups excluding carboxylic acids is 1. The van der Waals surface area contributed by atoms with Crippen molar-refractivity contribution >= 4 is 34.8 Å². The van der Waals surface area contributed by atoms with Crippen LogP contribution in [0.4, 0.5) is 14.5 Å². The Labute approximate surface area is 123 Å². The van der Waals surface area contributed by atoms with Crippen LogP contribution < -0.4 is 5.32 Å². The number of rotatable bonds is 2. The van der Waals surface area contributed by atoms with Crippen molar-refractivity contribution < 1.29 is 13.6 Å². The SMILES string of the molecule is Cc1ccc(F)c(NC(=O)c2cnc(Cl)c(Cl)c2)c1F. The maximum absolute atomic E-state index is 13.8. The van der Waals surface area contributed by atoms with Crippen LogP contribution in [0, 0.1) is 18.6 Å². The van der Waals surface area contributed by atoms with Crippen molar-refractivity contribution in [2.45, 2.75) is 6.92 Å². The number of hydrogen-bond acceptors (Lipinski definition) is 2. The van der Waals surface area contributed by atoms with Crippen molar-refractivity contribution in [1.29, 1.82) is 0 Å². The summed E-state index contributed by atoms with van der Waals surface area (Å²) >= 11 is 11.3. The zero-order chi connectivity index (χ0) is 14.9. The zero-order valence-electron chi connectivity index (χ0n) is 10.2. The monoisotopic (exact) mass is 316 g/mol. The molecule has 1 aromatic heterocycles. The van der Waals surface area contributed by atoms with E-state index in [1.807, 2.05) is 0 Å². The molecule has 20 heavy (non-hydrogen) atoms. The van der Waals surface area contributed by atoms with Crippen LogP contribution in [0.1, 0.15) is 15.9 Å². The number of pyridine rings is 1. The van der Waals surface area contributed by atoms with Crippen molar-refractivity contribution in [3.63, 3.8) is 0 Å². The highest BCUT2D eigenvalue weighted by atomic mass is 35.5. The molecule has 1 amide bonds. The van der Waals surface area contributed by atoms with Gasteiger partial charge in [-0.2, -0.15) is 0 Å². The number of aromatic nitrogens is 1. The van der Waals surface area contributed by atoms with E-state index in [0.717, 1.165) is 12.3 Å². The normalized spacial score (nSPS) is 10.4. The number of anilines is 1. The molecule has 0 spiro atoms. The van der Waals surface area contributed by atoms with E-state index >= 15 is 0 Å². The Hall–Kier alpha value is -1.72. The van der Waals surface area contributed by atoms with Gasteiger partial charge in [0.25, 0.3) is 5.91 Å². The third-order valence-electron chi connectivity index (χ3n) is 2.58. The van der Waals surface area contributed by atoms with Gasteiger partial charge in [0.2, 0.25) is 0 Å². The van der Waals surface area contributed by atoms with Crippen molar-refractivity contribution in [2.75, 3.05) is 5.32 Å². The molecule has 0 atom stereocenters. The summed E-state index contributed by atoms with van der Waals surface area (Å²) in [6.07, 6.45) is 1.16. The van der Waals surface area contributed by atoms with Crippen molar-refractivity contribution in [1.82, 2.24) is 4.98 Å². The average molecular weight is 317 g/mol. The summed E-state index contributed by atoms with van der Waals surface area (Å²) in [7, 11) is 0. The van der Waals surface area contributed by atoms with Gasteiger partial charge < -0.3 is 5.32 Å². The minimum Gasteiger partial charge on any atom is -0.317 e. The first-order valence-electron chi connectivity index (χ1n) is 5.47. The lowest BCUT2D eigenvalue weighted by Crippen LogP contribution is -2.15. The molecule has 0 fully saturated rings. The van der Waals surface area contributed by atoms with E-state index in [9.17, 15) is 13.6 Å². The molecule has 0 radical (unpaired) electrons. The van der Waals surface area contributed by atoms with E-state index in [1.165, 1.54) is 19.1 Å². The van der Waals surface area contributed by atoms with E-state index in [1.54, 1.807) is 0 Å². The van der Waals surface area contributed by atoms with Gasteiger partial charge in [-0.25, -0.2) is 13.8 Å². The summed E-state index contributed by atoms with van der Waals surface area (Å²) in [5.74, 6) is -2.43. The van der Waals surface area contributed by atoms with Gasteiger partial charge in [-0.3, -0.25) is 4.79 Å². The quantitative estimate of drug-likeness (QED) is 0.842. The molecule has 2 aromatic rings. The largest absolute Gasteiger partial charge is 0.317 e. The van der Waals surface area contributed by atoms with Crippen LogP contribution >= 0.6 is 23.2 Å². The highest BCUT2D eigenvalue weighted by molar-refractivity contribution is 6.41. The summed E-state index contributed by atoms with van der Waals surface area (Å²) in [6.45, 7) is 1.46. The van der Waals surface area contributed by atoms with Crippen LogP contribution in [-0.2, 0) is 0 Å². The maximum Gasteiger partial charge on any atom is 0.257 e. The molecule has 3 nitrogen and oxygen atoms in total. The second-order valence-electron chi connectivity index (χ2n) is 4.00. The Bertz CT molecular complexity index is 692. The molecular weight excluding hydrogens is 309 g/mol. The number of benzene rings is 1. The number of carbonyl (C=O) groups is 1. The molecule has 0 bridgehead atoms. The Morgan fingerprint density at radius 3 is 2.65 bits per heavy atom. The minimum atomic E-state index is -0.866. The van der Waals surface area contributed by atoms with E-state index in [-0.39, 0.29) is 21.3 Å². The first kappa shape index (κ1) is 14.7.